The van der Waals surface area contributed by atoms with Gasteiger partial charge in [-0.15, -0.1) is 11.8 Å². The van der Waals surface area contributed by atoms with Crippen molar-refractivity contribution in [3.63, 3.8) is 0 Å². The largest absolute Gasteiger partial charge is 0.388 e. The Hall–Kier alpha value is -1.05. The number of rotatable bonds is 6. The third kappa shape index (κ3) is 5.33. The molecule has 0 saturated carbocycles. The van der Waals surface area contributed by atoms with E-state index in [2.05, 4.69) is 5.32 Å². The molecule has 1 aliphatic heterocycles. The summed E-state index contributed by atoms with van der Waals surface area (Å²) in [5, 5.41) is 12.7. The Labute approximate surface area is 129 Å². The fourth-order valence-electron chi connectivity index (χ4n) is 2.21. The summed E-state index contributed by atoms with van der Waals surface area (Å²) < 4.78 is 22.6. The molecule has 7 heteroatoms. The topological polar surface area (TPSA) is 83.5 Å². The summed E-state index contributed by atoms with van der Waals surface area (Å²) in [5.41, 5.74) is 0.826. The number of carbonyl (C=O) groups excluding carboxylic acids is 1. The van der Waals surface area contributed by atoms with Gasteiger partial charge in [0.1, 0.15) is 0 Å². The monoisotopic (exact) mass is 329 g/mol. The molecule has 1 heterocycles. The molecule has 1 aliphatic rings. The SMILES string of the molecule is O=C(CSC[C@H](O)c1ccccc1)N[C@@H]1CCS(=O)(=O)C1. The lowest BCUT2D eigenvalue weighted by atomic mass is 10.1. The van der Waals surface area contributed by atoms with E-state index < -0.39 is 15.9 Å². The third-order valence-electron chi connectivity index (χ3n) is 3.29. The van der Waals surface area contributed by atoms with Crippen LogP contribution in [0.25, 0.3) is 0 Å². The Morgan fingerprint density at radius 2 is 2.10 bits per heavy atom. The maximum absolute atomic E-state index is 11.7. The van der Waals surface area contributed by atoms with Crippen molar-refractivity contribution in [2.75, 3.05) is 23.0 Å². The normalized spacial score (nSPS) is 21.9. The van der Waals surface area contributed by atoms with Crippen molar-refractivity contribution in [2.24, 2.45) is 0 Å². The molecule has 1 aromatic carbocycles. The van der Waals surface area contributed by atoms with Gasteiger partial charge < -0.3 is 10.4 Å². The van der Waals surface area contributed by atoms with Crippen LogP contribution in [0.3, 0.4) is 0 Å². The van der Waals surface area contributed by atoms with Crippen molar-refractivity contribution < 1.29 is 18.3 Å². The van der Waals surface area contributed by atoms with Gasteiger partial charge in [-0.05, 0) is 12.0 Å². The quantitative estimate of drug-likeness (QED) is 0.805. The van der Waals surface area contributed by atoms with E-state index in [-0.39, 0.29) is 29.2 Å². The zero-order chi connectivity index (χ0) is 15.3. The molecule has 1 aromatic rings. The molecule has 0 spiro atoms. The standard InChI is InChI=1S/C14H19NO4S2/c16-13(11-4-2-1-3-5-11)8-20-9-14(17)15-12-6-7-21(18,19)10-12/h1-5,12-13,16H,6-10H2,(H,15,17)/t12-,13+/m1/s1. The van der Waals surface area contributed by atoms with Crippen molar-refractivity contribution in [1.29, 1.82) is 0 Å². The number of hydrogen-bond donors (Lipinski definition) is 2. The highest BCUT2D eigenvalue weighted by Crippen LogP contribution is 2.18. The summed E-state index contributed by atoms with van der Waals surface area (Å²) in [6.45, 7) is 0. The molecule has 2 N–H and O–H groups in total. The lowest BCUT2D eigenvalue weighted by Gasteiger charge is -2.12. The second-order valence-electron chi connectivity index (χ2n) is 5.11. The number of thioether (sulfide) groups is 1. The van der Waals surface area contributed by atoms with E-state index in [1.807, 2.05) is 30.3 Å². The van der Waals surface area contributed by atoms with Crippen LogP contribution < -0.4 is 5.32 Å². The first-order valence-electron chi connectivity index (χ1n) is 6.77. The number of nitrogens with one attached hydrogen (secondary N) is 1. The number of hydrogen-bond acceptors (Lipinski definition) is 5. The summed E-state index contributed by atoms with van der Waals surface area (Å²) in [6.07, 6.45) is -0.110. The highest BCUT2D eigenvalue weighted by atomic mass is 32.2. The first-order valence-corrected chi connectivity index (χ1v) is 9.74. The first-order chi connectivity index (χ1) is 9.96. The van der Waals surface area contributed by atoms with Crippen molar-refractivity contribution in [1.82, 2.24) is 5.32 Å². The second-order valence-corrected chi connectivity index (χ2v) is 8.37. The van der Waals surface area contributed by atoms with E-state index >= 15 is 0 Å². The number of sulfone groups is 1. The van der Waals surface area contributed by atoms with Crippen LogP contribution in [-0.4, -0.2) is 48.5 Å². The molecule has 0 bridgehead atoms. The average molecular weight is 329 g/mol. The van der Waals surface area contributed by atoms with Crippen molar-refractivity contribution >= 4 is 27.5 Å². The molecule has 0 aliphatic carbocycles. The van der Waals surface area contributed by atoms with Crippen molar-refractivity contribution in [3.05, 3.63) is 35.9 Å². The molecule has 21 heavy (non-hydrogen) atoms. The van der Waals surface area contributed by atoms with E-state index in [1.54, 1.807) is 0 Å². The van der Waals surface area contributed by atoms with Gasteiger partial charge in [-0.2, -0.15) is 0 Å². The molecule has 0 aromatic heterocycles. The summed E-state index contributed by atoms with van der Waals surface area (Å²) in [5.74, 6) is 0.664. The van der Waals surface area contributed by atoms with Gasteiger partial charge in [0.05, 0.1) is 23.4 Å². The van der Waals surface area contributed by atoms with E-state index in [4.69, 9.17) is 0 Å². The van der Waals surface area contributed by atoms with Crippen LogP contribution in [0.5, 0.6) is 0 Å². The van der Waals surface area contributed by atoms with Gasteiger partial charge in [-0.25, -0.2) is 8.42 Å². The molecule has 5 nitrogen and oxygen atoms in total. The number of aliphatic hydroxyl groups excluding tert-OH is 1. The zero-order valence-electron chi connectivity index (χ0n) is 11.6. The summed E-state index contributed by atoms with van der Waals surface area (Å²) >= 11 is 1.34. The summed E-state index contributed by atoms with van der Waals surface area (Å²) in [4.78, 5) is 11.7. The number of amides is 1. The van der Waals surface area contributed by atoms with Crippen LogP contribution in [0.2, 0.25) is 0 Å². The molecular formula is C14H19NO4S2. The maximum Gasteiger partial charge on any atom is 0.230 e. The molecule has 1 amide bonds. The average Bonchev–Trinajstić information content (AvgIpc) is 2.78. The lowest BCUT2D eigenvalue weighted by Crippen LogP contribution is -2.36. The van der Waals surface area contributed by atoms with Crippen molar-refractivity contribution in [2.45, 2.75) is 18.6 Å². The molecule has 0 radical (unpaired) electrons. The fraction of sp³-hybridized carbons (Fsp3) is 0.500. The minimum absolute atomic E-state index is 0.0377. The van der Waals surface area contributed by atoms with Gasteiger partial charge >= 0.3 is 0 Å². The van der Waals surface area contributed by atoms with Gasteiger partial charge in [0.2, 0.25) is 5.91 Å². The van der Waals surface area contributed by atoms with Crippen LogP contribution in [0.4, 0.5) is 0 Å². The van der Waals surface area contributed by atoms with Crippen molar-refractivity contribution in [3.8, 4) is 0 Å². The van der Waals surface area contributed by atoms with E-state index in [1.165, 1.54) is 11.8 Å². The minimum atomic E-state index is -2.97. The Morgan fingerprint density at radius 1 is 1.38 bits per heavy atom. The fourth-order valence-corrected chi connectivity index (χ4v) is 4.69. The Balaban J connectivity index is 1.68. The number of carbonyl (C=O) groups is 1. The van der Waals surface area contributed by atoms with Gasteiger partial charge in [-0.3, -0.25) is 4.79 Å². The Morgan fingerprint density at radius 3 is 2.71 bits per heavy atom. The number of aliphatic hydroxyl groups is 1. The smallest absolute Gasteiger partial charge is 0.230 e. The molecule has 116 valence electrons. The maximum atomic E-state index is 11.7. The predicted octanol–water partition coefficient (Wildman–Crippen LogP) is 0.757. The van der Waals surface area contributed by atoms with E-state index in [0.717, 1.165) is 5.56 Å². The molecule has 2 rings (SSSR count). The zero-order valence-corrected chi connectivity index (χ0v) is 13.2. The third-order valence-corrected chi connectivity index (χ3v) is 6.08. The molecule has 1 saturated heterocycles. The molecule has 1 fully saturated rings. The predicted molar refractivity (Wildman–Crippen MR) is 83.9 cm³/mol. The molecule has 2 atom stereocenters. The first kappa shape index (κ1) is 16.3. The highest BCUT2D eigenvalue weighted by Gasteiger charge is 2.28. The van der Waals surface area contributed by atoms with Gasteiger partial charge in [-0.1, -0.05) is 30.3 Å². The Bertz CT molecular complexity index is 574. The van der Waals surface area contributed by atoms with Crippen LogP contribution in [-0.2, 0) is 14.6 Å². The second kappa shape index (κ2) is 7.29. The Kier molecular flexibility index (Phi) is 5.66. The highest BCUT2D eigenvalue weighted by molar-refractivity contribution is 7.99. The summed E-state index contributed by atoms with van der Waals surface area (Å²) in [6, 6.07) is 9.02. The van der Waals surface area contributed by atoms with Gasteiger partial charge in [0, 0.05) is 11.8 Å². The van der Waals surface area contributed by atoms with Crippen LogP contribution in [0, 0.1) is 0 Å². The van der Waals surface area contributed by atoms with Crippen LogP contribution in [0.1, 0.15) is 18.1 Å². The van der Waals surface area contributed by atoms with Crippen LogP contribution in [0.15, 0.2) is 30.3 Å². The van der Waals surface area contributed by atoms with Gasteiger partial charge in [0.15, 0.2) is 9.84 Å². The molecule has 0 unspecified atom stereocenters. The van der Waals surface area contributed by atoms with E-state index in [9.17, 15) is 18.3 Å². The van der Waals surface area contributed by atoms with Gasteiger partial charge in [0.25, 0.3) is 0 Å². The summed E-state index contributed by atoms with van der Waals surface area (Å²) in [7, 11) is -2.97. The van der Waals surface area contributed by atoms with E-state index in [0.29, 0.717) is 12.2 Å². The van der Waals surface area contributed by atoms with Crippen LogP contribution >= 0.6 is 11.8 Å². The number of benzene rings is 1. The molecular weight excluding hydrogens is 310 g/mol. The minimum Gasteiger partial charge on any atom is -0.388 e. The lowest BCUT2D eigenvalue weighted by molar-refractivity contribution is -0.119.